The van der Waals surface area contributed by atoms with Crippen molar-refractivity contribution in [2.24, 2.45) is 0 Å². The molecule has 0 atom stereocenters. The van der Waals surface area contributed by atoms with E-state index in [0.717, 1.165) is 19.3 Å². The Morgan fingerprint density at radius 3 is 2.63 bits per heavy atom. The highest BCUT2D eigenvalue weighted by Gasteiger charge is 2.32. The molecule has 0 radical (unpaired) electrons. The van der Waals surface area contributed by atoms with E-state index < -0.39 is 9.05 Å². The van der Waals surface area contributed by atoms with E-state index in [0.29, 0.717) is 12.2 Å². The summed E-state index contributed by atoms with van der Waals surface area (Å²) in [6.07, 6.45) is 4.26. The van der Waals surface area contributed by atoms with Crippen LogP contribution in [-0.4, -0.2) is 36.9 Å². The summed E-state index contributed by atoms with van der Waals surface area (Å²) >= 11 is 0. The van der Waals surface area contributed by atoms with Crippen molar-refractivity contribution in [3.05, 3.63) is 18.0 Å². The zero-order valence-corrected chi connectivity index (χ0v) is 12.5. The number of amides is 1. The second kappa shape index (κ2) is 5.17. The first kappa shape index (κ1) is 14.4. The SMILES string of the molecule is CCCn1cc(S(=O)(=O)Cl)cc1C(=O)N(C)C1CC1. The molecule has 0 unspecified atom stereocenters. The molecule has 106 valence electrons. The molecule has 1 saturated carbocycles. The first-order chi connectivity index (χ1) is 8.84. The van der Waals surface area contributed by atoms with E-state index in [1.807, 2.05) is 6.92 Å². The standard InChI is InChI=1S/C12H17ClN2O3S/c1-3-6-15-8-10(19(13,17)18)7-11(15)12(16)14(2)9-4-5-9/h7-9H,3-6H2,1-2H3. The molecule has 0 aliphatic heterocycles. The van der Waals surface area contributed by atoms with E-state index in [1.165, 1.54) is 12.3 Å². The molecule has 5 nitrogen and oxygen atoms in total. The second-order valence-corrected chi connectivity index (χ2v) is 7.41. The quantitative estimate of drug-likeness (QED) is 0.782. The van der Waals surface area contributed by atoms with Crippen LogP contribution in [0.3, 0.4) is 0 Å². The molecule has 0 saturated heterocycles. The number of aryl methyl sites for hydroxylation is 1. The summed E-state index contributed by atoms with van der Waals surface area (Å²) in [7, 11) is 3.28. The maximum atomic E-state index is 12.3. The fourth-order valence-electron chi connectivity index (χ4n) is 2.03. The number of carbonyl (C=O) groups is 1. The van der Waals surface area contributed by atoms with Crippen molar-refractivity contribution in [2.75, 3.05) is 7.05 Å². The molecule has 1 amide bonds. The van der Waals surface area contributed by atoms with Crippen molar-refractivity contribution < 1.29 is 13.2 Å². The highest BCUT2D eigenvalue weighted by molar-refractivity contribution is 8.13. The molecule has 1 fully saturated rings. The second-order valence-electron chi connectivity index (χ2n) is 4.84. The highest BCUT2D eigenvalue weighted by Crippen LogP contribution is 2.28. The molecular weight excluding hydrogens is 288 g/mol. The van der Waals surface area contributed by atoms with Crippen molar-refractivity contribution in [3.63, 3.8) is 0 Å². The van der Waals surface area contributed by atoms with E-state index in [9.17, 15) is 13.2 Å². The van der Waals surface area contributed by atoms with Gasteiger partial charge >= 0.3 is 0 Å². The van der Waals surface area contributed by atoms with E-state index in [-0.39, 0.29) is 16.8 Å². The first-order valence-corrected chi connectivity index (χ1v) is 8.57. The Kier molecular flexibility index (Phi) is 3.92. The number of halogens is 1. The van der Waals surface area contributed by atoms with Crippen molar-refractivity contribution in [1.82, 2.24) is 9.47 Å². The van der Waals surface area contributed by atoms with Crippen LogP contribution in [0.2, 0.25) is 0 Å². The summed E-state index contributed by atoms with van der Waals surface area (Å²) in [6.45, 7) is 2.56. The lowest BCUT2D eigenvalue weighted by atomic mass is 10.3. The summed E-state index contributed by atoms with van der Waals surface area (Å²) in [4.78, 5) is 14.0. The number of rotatable bonds is 5. The Morgan fingerprint density at radius 1 is 1.53 bits per heavy atom. The van der Waals surface area contributed by atoms with Crippen LogP contribution in [-0.2, 0) is 15.6 Å². The molecule has 7 heteroatoms. The molecule has 19 heavy (non-hydrogen) atoms. The van der Waals surface area contributed by atoms with Gasteiger partial charge in [-0.15, -0.1) is 0 Å². The van der Waals surface area contributed by atoms with Crippen LogP contribution in [0, 0.1) is 0 Å². The van der Waals surface area contributed by atoms with Gasteiger partial charge in [0, 0.05) is 36.5 Å². The fourth-order valence-corrected chi connectivity index (χ4v) is 2.79. The zero-order chi connectivity index (χ0) is 14.2. The van der Waals surface area contributed by atoms with Gasteiger partial charge < -0.3 is 9.47 Å². The van der Waals surface area contributed by atoms with Gasteiger partial charge in [-0.3, -0.25) is 4.79 Å². The molecular formula is C12H17ClN2O3S. The molecule has 0 aromatic carbocycles. The lowest BCUT2D eigenvalue weighted by Crippen LogP contribution is -2.30. The predicted molar refractivity (Wildman–Crippen MR) is 72.9 cm³/mol. The molecule has 0 bridgehead atoms. The molecule has 1 aliphatic rings. The zero-order valence-electron chi connectivity index (χ0n) is 11.0. The third-order valence-corrected chi connectivity index (χ3v) is 4.57. The van der Waals surface area contributed by atoms with Crippen molar-refractivity contribution in [3.8, 4) is 0 Å². The molecule has 1 aromatic rings. The number of aromatic nitrogens is 1. The Labute approximate surface area is 117 Å². The number of nitrogens with zero attached hydrogens (tertiary/aromatic N) is 2. The summed E-state index contributed by atoms with van der Waals surface area (Å²) < 4.78 is 24.4. The van der Waals surface area contributed by atoms with E-state index in [2.05, 4.69) is 0 Å². The largest absolute Gasteiger partial charge is 0.342 e. The number of hydrogen-bond donors (Lipinski definition) is 0. The topological polar surface area (TPSA) is 59.4 Å². The average Bonchev–Trinajstić information content (AvgIpc) is 3.08. The molecule has 1 aliphatic carbocycles. The minimum Gasteiger partial charge on any atom is -0.342 e. The van der Waals surface area contributed by atoms with Gasteiger partial charge in [-0.25, -0.2) is 8.42 Å². The predicted octanol–water partition coefficient (Wildman–Crippen LogP) is 2.06. The minimum absolute atomic E-state index is 0.0184. The average molecular weight is 305 g/mol. The van der Waals surface area contributed by atoms with Crippen molar-refractivity contribution in [2.45, 2.75) is 43.7 Å². The van der Waals surface area contributed by atoms with Gasteiger partial charge in [-0.1, -0.05) is 6.92 Å². The smallest absolute Gasteiger partial charge is 0.270 e. The lowest BCUT2D eigenvalue weighted by molar-refractivity contribution is 0.0774. The molecule has 2 rings (SSSR count). The summed E-state index contributed by atoms with van der Waals surface area (Å²) in [5, 5.41) is 0. The third-order valence-electron chi connectivity index (χ3n) is 3.25. The van der Waals surface area contributed by atoms with Crippen LogP contribution in [0.5, 0.6) is 0 Å². The monoisotopic (exact) mass is 304 g/mol. The fraction of sp³-hybridized carbons (Fsp3) is 0.583. The Balaban J connectivity index is 2.36. The van der Waals surface area contributed by atoms with Crippen LogP contribution in [0.1, 0.15) is 36.7 Å². The maximum Gasteiger partial charge on any atom is 0.270 e. The summed E-state index contributed by atoms with van der Waals surface area (Å²) in [6, 6.07) is 1.65. The van der Waals surface area contributed by atoms with Crippen molar-refractivity contribution >= 4 is 25.6 Å². The van der Waals surface area contributed by atoms with Gasteiger partial charge in [0.05, 0.1) is 0 Å². The van der Waals surface area contributed by atoms with E-state index >= 15 is 0 Å². The van der Waals surface area contributed by atoms with Crippen LogP contribution < -0.4 is 0 Å². The Hall–Kier alpha value is -1.01. The van der Waals surface area contributed by atoms with Gasteiger partial charge in [-0.2, -0.15) is 0 Å². The van der Waals surface area contributed by atoms with E-state index in [4.69, 9.17) is 10.7 Å². The molecule has 1 aromatic heterocycles. The normalized spacial score (nSPS) is 15.5. The Bertz CT molecular complexity index is 590. The maximum absolute atomic E-state index is 12.3. The first-order valence-electron chi connectivity index (χ1n) is 6.26. The van der Waals surface area contributed by atoms with Gasteiger partial charge in [0.1, 0.15) is 10.6 Å². The van der Waals surface area contributed by atoms with Gasteiger partial charge in [0.25, 0.3) is 15.0 Å². The van der Waals surface area contributed by atoms with E-state index in [1.54, 1.807) is 16.5 Å². The summed E-state index contributed by atoms with van der Waals surface area (Å²) in [5.41, 5.74) is 0.385. The Morgan fingerprint density at radius 2 is 2.16 bits per heavy atom. The molecule has 0 spiro atoms. The van der Waals surface area contributed by atoms with Crippen LogP contribution in [0.25, 0.3) is 0 Å². The van der Waals surface area contributed by atoms with Crippen LogP contribution >= 0.6 is 10.7 Å². The molecule has 1 heterocycles. The van der Waals surface area contributed by atoms with Crippen molar-refractivity contribution in [1.29, 1.82) is 0 Å². The minimum atomic E-state index is -3.81. The lowest BCUT2D eigenvalue weighted by Gasteiger charge is -2.17. The highest BCUT2D eigenvalue weighted by atomic mass is 35.7. The number of carbonyl (C=O) groups excluding carboxylic acids is 1. The number of hydrogen-bond acceptors (Lipinski definition) is 3. The van der Waals surface area contributed by atoms with Crippen LogP contribution in [0.15, 0.2) is 17.2 Å². The van der Waals surface area contributed by atoms with Gasteiger partial charge in [0.15, 0.2) is 0 Å². The van der Waals surface area contributed by atoms with Crippen LogP contribution in [0.4, 0.5) is 0 Å². The van der Waals surface area contributed by atoms with Gasteiger partial charge in [0.2, 0.25) is 0 Å². The summed E-state index contributed by atoms with van der Waals surface area (Å²) in [5.74, 6) is -0.150. The molecule has 0 N–H and O–H groups in total. The third kappa shape index (κ3) is 3.12. The van der Waals surface area contributed by atoms with Gasteiger partial charge in [-0.05, 0) is 25.3 Å².